The van der Waals surface area contributed by atoms with Gasteiger partial charge in [-0.2, -0.15) is 0 Å². The van der Waals surface area contributed by atoms with Gasteiger partial charge in [0.25, 0.3) is 0 Å². The lowest BCUT2D eigenvalue weighted by Gasteiger charge is -2.35. The Hall–Kier alpha value is -8.18. The molecule has 0 fully saturated rings. The summed E-state index contributed by atoms with van der Waals surface area (Å²) in [6.45, 7) is 0. The van der Waals surface area contributed by atoms with Crippen molar-refractivity contribution >= 4 is 94.2 Å². The average molecular weight is 840 g/mol. The molecular formula is C60H41N3Si. The molecule has 10 aromatic carbocycles. The Labute approximate surface area is 383 Å². The molecule has 0 bridgehead atoms. The summed E-state index contributed by atoms with van der Waals surface area (Å²) < 4.78 is 77.2. The molecule has 0 spiro atoms. The Morgan fingerprint density at radius 2 is 0.641 bits per heavy atom. The summed E-state index contributed by atoms with van der Waals surface area (Å²) in [6.07, 6.45) is 0. The maximum atomic E-state index is 9.24. The Balaban J connectivity index is 1.06. The molecule has 3 nitrogen and oxygen atoms in total. The molecule has 4 heteroatoms. The molecule has 64 heavy (non-hydrogen) atoms. The topological polar surface area (TPSA) is 14.8 Å². The zero-order chi connectivity index (χ0) is 49.2. The summed E-state index contributed by atoms with van der Waals surface area (Å²) in [6, 6.07) is 67.7. The van der Waals surface area contributed by atoms with Gasteiger partial charge in [-0.25, -0.2) is 0 Å². The predicted molar refractivity (Wildman–Crippen MR) is 273 cm³/mol. The molecule has 0 N–H and O–H groups in total. The van der Waals surface area contributed by atoms with Crippen molar-refractivity contribution in [3.63, 3.8) is 0 Å². The lowest BCUT2D eigenvalue weighted by molar-refractivity contribution is 1.17. The highest BCUT2D eigenvalue weighted by Crippen LogP contribution is 2.37. The van der Waals surface area contributed by atoms with Gasteiger partial charge in [-0.1, -0.05) is 176 Å². The zero-order valence-electron chi connectivity index (χ0n) is 42.4. The summed E-state index contributed by atoms with van der Waals surface area (Å²) in [5.74, 6) is 0. The van der Waals surface area contributed by atoms with Gasteiger partial charge >= 0.3 is 0 Å². The summed E-state index contributed by atoms with van der Waals surface area (Å²) >= 11 is 0. The first-order valence-electron chi connectivity index (χ1n) is 25.4. The number of fused-ring (bicyclic) bond motifs is 9. The molecule has 0 aliphatic rings. The molecule has 3 heterocycles. The number of para-hydroxylation sites is 5. The quantitative estimate of drug-likeness (QED) is 0.112. The van der Waals surface area contributed by atoms with Gasteiger partial charge in [0, 0.05) is 49.4 Å². The molecule has 0 unspecified atom stereocenters. The Morgan fingerprint density at radius 1 is 0.266 bits per heavy atom. The molecule has 3 aromatic heterocycles. The Morgan fingerprint density at radius 3 is 1.14 bits per heavy atom. The van der Waals surface area contributed by atoms with E-state index in [1.165, 1.54) is 10.4 Å². The van der Waals surface area contributed by atoms with Crippen LogP contribution in [0.3, 0.4) is 0 Å². The van der Waals surface area contributed by atoms with Gasteiger partial charge in [0.2, 0.25) is 0 Å². The van der Waals surface area contributed by atoms with E-state index in [0.717, 1.165) is 71.0 Å². The average Bonchev–Trinajstić information content (AvgIpc) is 4.08. The molecule has 0 saturated carbocycles. The van der Waals surface area contributed by atoms with E-state index in [1.807, 2.05) is 88.0 Å². The first-order valence-corrected chi connectivity index (χ1v) is 23.4. The largest absolute Gasteiger partial charge is 0.309 e. The minimum absolute atomic E-state index is 0.0570. The van der Waals surface area contributed by atoms with E-state index < -0.39 is 8.07 Å². The molecule has 0 aliphatic carbocycles. The van der Waals surface area contributed by atoms with E-state index in [9.17, 15) is 1.37 Å². The van der Waals surface area contributed by atoms with Crippen LogP contribution in [0.5, 0.6) is 0 Å². The van der Waals surface area contributed by atoms with Crippen molar-refractivity contribution in [1.82, 2.24) is 13.7 Å². The molecule has 0 radical (unpaired) electrons. The third kappa shape index (κ3) is 5.33. The number of nitrogens with zero attached hydrogens (tertiary/aromatic N) is 3. The number of benzene rings is 10. The van der Waals surface area contributed by atoms with Gasteiger partial charge in [-0.15, -0.1) is 0 Å². The smallest absolute Gasteiger partial charge is 0.179 e. The molecule has 0 saturated heterocycles. The minimum Gasteiger partial charge on any atom is -0.309 e. The lowest BCUT2D eigenvalue weighted by atomic mass is 10.1. The van der Waals surface area contributed by atoms with Crippen molar-refractivity contribution in [2.45, 2.75) is 0 Å². The van der Waals surface area contributed by atoms with Crippen molar-refractivity contribution in [2.24, 2.45) is 0 Å². The second kappa shape index (κ2) is 14.5. The number of aromatic nitrogens is 3. The molecule has 0 aliphatic heterocycles. The minimum atomic E-state index is -3.26. The summed E-state index contributed by atoms with van der Waals surface area (Å²) in [7, 11) is -3.26. The van der Waals surface area contributed by atoms with Crippen molar-refractivity contribution in [2.75, 3.05) is 0 Å². The predicted octanol–water partition coefficient (Wildman–Crippen LogP) is 12.4. The number of rotatable bonds is 7. The third-order valence-corrected chi connectivity index (χ3v) is 17.8. The van der Waals surface area contributed by atoms with Crippen LogP contribution in [0, 0.1) is 0 Å². The lowest BCUT2D eigenvalue weighted by Crippen LogP contribution is -2.74. The molecule has 300 valence electrons. The van der Waals surface area contributed by atoms with Crippen LogP contribution in [0.25, 0.3) is 82.5 Å². The van der Waals surface area contributed by atoms with E-state index in [2.05, 4.69) is 126 Å². The first kappa shape index (κ1) is 29.2. The number of hydrogen-bond acceptors (Lipinski definition) is 0. The van der Waals surface area contributed by atoms with Crippen molar-refractivity contribution < 1.29 is 11.0 Å². The molecule has 0 amide bonds. The zero-order valence-corrected chi connectivity index (χ0v) is 35.4. The van der Waals surface area contributed by atoms with Gasteiger partial charge in [-0.3, -0.25) is 0 Å². The van der Waals surface area contributed by atoms with Crippen LogP contribution in [0.2, 0.25) is 0 Å². The van der Waals surface area contributed by atoms with Gasteiger partial charge in [0.05, 0.1) is 44.1 Å². The number of hydrogen-bond donors (Lipinski definition) is 0. The maximum absolute atomic E-state index is 9.24. The van der Waals surface area contributed by atoms with Crippen LogP contribution in [0.4, 0.5) is 0 Å². The third-order valence-electron chi connectivity index (χ3n) is 13.0. The SMILES string of the molecule is [2H]c1c([2H])c([2H])c2c(c1[2H])c1ccccc1n2-c1cccc([Si](c2ccccc2)(c2ccccc2)c2cccc(-n3c4ccccc4c4cc(-n5c6ccccc6c6c([2H])c([2H])c([2H])c([2H])c65)ccc43)c2)c1. The standard InChI is InChI=1S/C60H41N3Si/c1-3-21-45(22-4-1)64(46-23-5-2-6-24-46,47-25-17-19-42(39-47)61-55-32-12-7-27-49(55)50-28-8-13-33-56(50)61)48-26-18-20-43(40-48)62-59-36-16-11-31-53(59)54-41-44(37-38-60(54)62)63-57-34-14-9-29-51(57)52-30-10-15-35-58(52)63/h1-41H/i7D,9D,12D,14D,27D,29D,32D,34D. The highest BCUT2D eigenvalue weighted by Gasteiger charge is 2.42. The van der Waals surface area contributed by atoms with Crippen LogP contribution in [-0.2, 0) is 0 Å². The fourth-order valence-corrected chi connectivity index (χ4v) is 15.2. The summed E-state index contributed by atoms with van der Waals surface area (Å²) in [5, 5.41) is 9.11. The van der Waals surface area contributed by atoms with Crippen LogP contribution in [0.1, 0.15) is 11.0 Å². The van der Waals surface area contributed by atoms with E-state index in [4.69, 9.17) is 9.60 Å². The Kier molecular flexibility index (Phi) is 6.59. The van der Waals surface area contributed by atoms with Crippen LogP contribution >= 0.6 is 0 Å². The van der Waals surface area contributed by atoms with Gasteiger partial charge in [0.15, 0.2) is 8.07 Å². The van der Waals surface area contributed by atoms with E-state index >= 15 is 0 Å². The van der Waals surface area contributed by atoms with Gasteiger partial charge < -0.3 is 13.7 Å². The van der Waals surface area contributed by atoms with E-state index in [1.54, 1.807) is 0 Å². The Bertz CT molecular complexity index is 4350. The second-order valence-electron chi connectivity index (χ2n) is 16.3. The summed E-state index contributed by atoms with van der Waals surface area (Å²) in [4.78, 5) is 0. The van der Waals surface area contributed by atoms with Crippen molar-refractivity contribution in [3.8, 4) is 17.1 Å². The molecular weight excluding hydrogens is 791 g/mol. The van der Waals surface area contributed by atoms with Crippen molar-refractivity contribution in [1.29, 1.82) is 0 Å². The van der Waals surface area contributed by atoms with E-state index in [-0.39, 0.29) is 48.3 Å². The molecule has 0 atom stereocenters. The molecule has 13 rings (SSSR count). The fourth-order valence-electron chi connectivity index (χ4n) is 10.4. The van der Waals surface area contributed by atoms with Gasteiger partial charge in [-0.05, 0) is 93.5 Å². The maximum Gasteiger partial charge on any atom is 0.179 e. The van der Waals surface area contributed by atoms with Crippen LogP contribution < -0.4 is 20.7 Å². The second-order valence-corrected chi connectivity index (χ2v) is 20.1. The van der Waals surface area contributed by atoms with Crippen LogP contribution in [0.15, 0.2) is 249 Å². The first-order chi connectivity index (χ1) is 35.1. The van der Waals surface area contributed by atoms with E-state index in [0.29, 0.717) is 21.8 Å². The monoisotopic (exact) mass is 839 g/mol. The molecule has 13 aromatic rings. The van der Waals surface area contributed by atoms with Crippen molar-refractivity contribution in [3.05, 3.63) is 249 Å². The highest BCUT2D eigenvalue weighted by molar-refractivity contribution is 7.20. The highest BCUT2D eigenvalue weighted by atomic mass is 28.3. The normalized spacial score (nSPS) is 13.8. The fraction of sp³-hybridized carbons (Fsp3) is 0. The van der Waals surface area contributed by atoms with Gasteiger partial charge in [0.1, 0.15) is 0 Å². The van der Waals surface area contributed by atoms with Crippen LogP contribution in [-0.4, -0.2) is 21.8 Å². The summed E-state index contributed by atoms with van der Waals surface area (Å²) in [5.41, 5.74) is 7.00.